The maximum absolute atomic E-state index is 14.2. The molecule has 1 unspecified atom stereocenters. The third kappa shape index (κ3) is 4.03. The zero-order chi connectivity index (χ0) is 30.0. The number of carbonyl (C=O) groups is 3. The zero-order valence-electron chi connectivity index (χ0n) is 22.7. The minimum atomic E-state index is -2.96. The molecule has 0 bridgehead atoms. The van der Waals surface area contributed by atoms with E-state index in [-0.39, 0.29) is 17.7 Å². The summed E-state index contributed by atoms with van der Waals surface area (Å²) in [6.07, 6.45) is -1.44. The Kier molecular flexibility index (Phi) is 6.93. The predicted octanol–water partition coefficient (Wildman–Crippen LogP) is 1.12. The Morgan fingerprint density at radius 3 is 2.32 bits per heavy atom. The number of ketones is 2. The van der Waals surface area contributed by atoms with Crippen molar-refractivity contribution in [1.29, 1.82) is 0 Å². The van der Waals surface area contributed by atoms with Crippen LogP contribution in [-0.2, 0) is 20.8 Å². The maximum Gasteiger partial charge on any atom is 0.255 e. The van der Waals surface area contributed by atoms with Crippen molar-refractivity contribution >= 4 is 23.2 Å². The average Bonchev–Trinajstić information content (AvgIpc) is 2.91. The highest BCUT2D eigenvalue weighted by molar-refractivity contribution is 6.24. The van der Waals surface area contributed by atoms with Crippen LogP contribution in [0.2, 0.25) is 0 Å². The van der Waals surface area contributed by atoms with Crippen molar-refractivity contribution in [3.8, 4) is 11.5 Å². The van der Waals surface area contributed by atoms with Gasteiger partial charge in [0.1, 0.15) is 28.6 Å². The van der Waals surface area contributed by atoms with Crippen LogP contribution in [0.4, 0.5) is 0 Å². The number of nitrogens with zero attached hydrogens (tertiary/aromatic N) is 1. The number of aliphatic hydroxyl groups excluding tert-OH is 3. The molecule has 5 rings (SSSR count). The molecule has 0 aliphatic heterocycles. The normalized spacial score (nSPS) is 29.3. The molecule has 0 radical (unpaired) electrons. The Morgan fingerprint density at radius 2 is 1.73 bits per heavy atom. The van der Waals surface area contributed by atoms with E-state index in [4.69, 9.17) is 10.5 Å². The fraction of sp³-hybridized carbons (Fsp3) is 0.367. The second-order valence-electron chi connectivity index (χ2n) is 10.9. The van der Waals surface area contributed by atoms with Crippen molar-refractivity contribution in [1.82, 2.24) is 4.90 Å². The first-order valence-corrected chi connectivity index (χ1v) is 13.2. The van der Waals surface area contributed by atoms with Crippen LogP contribution in [-0.4, -0.2) is 86.4 Å². The number of likely N-dealkylation sites (N-methyl/N-ethyl adjacent to an activating group) is 1. The molecule has 0 heterocycles. The number of aromatic hydroxyl groups is 1. The number of aliphatic hydroxyl groups is 4. The van der Waals surface area contributed by atoms with Crippen molar-refractivity contribution in [3.63, 3.8) is 0 Å². The first-order valence-electron chi connectivity index (χ1n) is 13.2. The minimum Gasteiger partial charge on any atom is -0.508 e. The van der Waals surface area contributed by atoms with Gasteiger partial charge in [-0.1, -0.05) is 24.3 Å². The molecule has 3 aliphatic carbocycles. The van der Waals surface area contributed by atoms with Crippen molar-refractivity contribution in [3.05, 3.63) is 76.1 Å². The summed E-state index contributed by atoms with van der Waals surface area (Å²) in [7, 11) is 2.94. The second kappa shape index (κ2) is 10.0. The number of ether oxygens (including phenoxy) is 1. The summed E-state index contributed by atoms with van der Waals surface area (Å²) in [5.74, 6) is -8.62. The van der Waals surface area contributed by atoms with Crippen LogP contribution in [0.25, 0.3) is 5.76 Å². The number of carbonyl (C=O) groups excluding carboxylic acids is 3. The zero-order valence-corrected chi connectivity index (χ0v) is 22.7. The van der Waals surface area contributed by atoms with E-state index in [1.807, 2.05) is 19.1 Å². The molecule has 41 heavy (non-hydrogen) atoms. The number of hydrogen-bond donors (Lipinski definition) is 6. The lowest BCUT2D eigenvalue weighted by molar-refractivity contribution is -0.169. The van der Waals surface area contributed by atoms with Gasteiger partial charge in [-0.05, 0) is 62.7 Å². The fourth-order valence-corrected chi connectivity index (χ4v) is 6.78. The monoisotopic (exact) mass is 564 g/mol. The molecule has 11 heteroatoms. The van der Waals surface area contributed by atoms with Gasteiger partial charge < -0.3 is 36.0 Å². The first-order chi connectivity index (χ1) is 19.4. The van der Waals surface area contributed by atoms with Crippen LogP contribution in [0, 0.1) is 11.8 Å². The van der Waals surface area contributed by atoms with Gasteiger partial charge in [0.2, 0.25) is 5.78 Å². The third-order valence-electron chi connectivity index (χ3n) is 8.49. The molecule has 0 spiro atoms. The molecule has 2 aromatic rings. The third-order valence-corrected chi connectivity index (χ3v) is 8.49. The van der Waals surface area contributed by atoms with Gasteiger partial charge in [0.15, 0.2) is 11.4 Å². The topological polar surface area (TPSA) is 191 Å². The fourth-order valence-electron chi connectivity index (χ4n) is 6.78. The van der Waals surface area contributed by atoms with Crippen LogP contribution in [0.3, 0.4) is 0 Å². The van der Waals surface area contributed by atoms with E-state index in [1.165, 1.54) is 25.1 Å². The van der Waals surface area contributed by atoms with Gasteiger partial charge in [-0.2, -0.15) is 0 Å². The van der Waals surface area contributed by atoms with Gasteiger partial charge in [-0.15, -0.1) is 0 Å². The molecular formula is C30H32N2O9. The van der Waals surface area contributed by atoms with E-state index >= 15 is 0 Å². The summed E-state index contributed by atoms with van der Waals surface area (Å²) in [6.45, 7) is 2.34. The molecule has 216 valence electrons. The van der Waals surface area contributed by atoms with E-state index in [0.717, 1.165) is 5.56 Å². The van der Waals surface area contributed by atoms with Crippen molar-refractivity contribution in [2.75, 3.05) is 20.7 Å². The minimum absolute atomic E-state index is 0.0491. The van der Waals surface area contributed by atoms with Crippen LogP contribution in [0.5, 0.6) is 11.5 Å². The molecular weight excluding hydrogens is 532 g/mol. The van der Waals surface area contributed by atoms with E-state index in [9.17, 15) is 39.9 Å². The van der Waals surface area contributed by atoms with E-state index < -0.39 is 75.6 Å². The first kappa shape index (κ1) is 28.3. The summed E-state index contributed by atoms with van der Waals surface area (Å²) in [6, 6.07) is 10.3. The molecule has 6 atom stereocenters. The number of fused-ring (bicyclic) bond motifs is 3. The van der Waals surface area contributed by atoms with Gasteiger partial charge in [0.05, 0.1) is 30.2 Å². The number of primary amides is 1. The number of rotatable bonds is 6. The van der Waals surface area contributed by atoms with Gasteiger partial charge in [-0.3, -0.25) is 19.3 Å². The summed E-state index contributed by atoms with van der Waals surface area (Å²) >= 11 is 0. The maximum atomic E-state index is 14.2. The number of phenols is 1. The van der Waals surface area contributed by atoms with Gasteiger partial charge >= 0.3 is 0 Å². The molecule has 0 saturated heterocycles. The Morgan fingerprint density at radius 1 is 1.07 bits per heavy atom. The predicted molar refractivity (Wildman–Crippen MR) is 146 cm³/mol. The standard InChI is InChI=1S/C30H32N2O9/c1-4-41-14-10-8-13(9-11-14)12-16-15-6-5-7-17(33)18(15)24(34)20-19(16)25(35)22-23(32(2)3)26(36)21(29(31)39)28(38)30(22,40)27(20)37/h5-11,16,19,22-23,25,33-35,38,40H,4,12H2,1-3H3,(H2,31,39)/t16?,19-,22-,23+,25+,30+/m1/s1. The summed E-state index contributed by atoms with van der Waals surface area (Å²) in [4.78, 5) is 41.1. The average molecular weight is 565 g/mol. The lowest BCUT2D eigenvalue weighted by Crippen LogP contribution is -2.70. The Hall–Kier alpha value is -4.19. The summed E-state index contributed by atoms with van der Waals surface area (Å²) < 4.78 is 5.52. The van der Waals surface area contributed by atoms with E-state index in [2.05, 4.69) is 0 Å². The number of phenolic OH excluding ortho intramolecular Hbond substituents is 1. The summed E-state index contributed by atoms with van der Waals surface area (Å²) in [5.41, 5.74) is 2.21. The Bertz CT molecular complexity index is 1510. The van der Waals surface area contributed by atoms with Crippen LogP contribution >= 0.6 is 0 Å². The van der Waals surface area contributed by atoms with Crippen molar-refractivity contribution < 1.29 is 44.7 Å². The molecule has 2 aromatic carbocycles. The molecule has 11 nitrogen and oxygen atoms in total. The molecule has 1 fully saturated rings. The second-order valence-corrected chi connectivity index (χ2v) is 10.9. The molecule has 1 saturated carbocycles. The molecule has 0 aromatic heterocycles. The highest BCUT2D eigenvalue weighted by Gasteiger charge is 2.68. The largest absolute Gasteiger partial charge is 0.508 e. The number of benzene rings is 2. The van der Waals surface area contributed by atoms with Crippen molar-refractivity contribution in [2.45, 2.75) is 37.0 Å². The van der Waals surface area contributed by atoms with Gasteiger partial charge in [0, 0.05) is 11.5 Å². The van der Waals surface area contributed by atoms with Crippen LogP contribution in [0.15, 0.2) is 59.4 Å². The van der Waals surface area contributed by atoms with E-state index in [0.29, 0.717) is 17.9 Å². The molecule has 1 amide bonds. The number of amides is 1. The number of Topliss-reactive ketones (excluding diaryl/α,β-unsaturated/α-hetero) is 2. The molecule has 7 N–H and O–H groups in total. The van der Waals surface area contributed by atoms with E-state index in [1.54, 1.807) is 24.3 Å². The van der Waals surface area contributed by atoms with Gasteiger partial charge in [-0.25, -0.2) is 0 Å². The lowest BCUT2D eigenvalue weighted by Gasteiger charge is -2.54. The highest BCUT2D eigenvalue weighted by Crippen LogP contribution is 2.56. The SMILES string of the molecule is CCOc1ccc(CC2c3cccc(O)c3C(O)=C3C(=O)[C@]4(O)C(O)=C(C(N)=O)C(=O)[C@@H](N(C)C)[C@@H]4[C@@H](O)[C@@H]32)cc1. The molecule has 3 aliphatic rings. The lowest BCUT2D eigenvalue weighted by atomic mass is 9.53. The van der Waals surface area contributed by atoms with Crippen LogP contribution < -0.4 is 10.5 Å². The smallest absolute Gasteiger partial charge is 0.255 e. The summed E-state index contributed by atoms with van der Waals surface area (Å²) in [5, 5.41) is 57.0. The Labute approximate surface area is 235 Å². The van der Waals surface area contributed by atoms with Crippen molar-refractivity contribution in [2.24, 2.45) is 17.6 Å². The Balaban J connectivity index is 1.74. The van der Waals surface area contributed by atoms with Gasteiger partial charge in [0.25, 0.3) is 5.91 Å². The highest BCUT2D eigenvalue weighted by atomic mass is 16.5. The van der Waals surface area contributed by atoms with Crippen LogP contribution in [0.1, 0.15) is 29.5 Å². The number of hydrogen-bond acceptors (Lipinski definition) is 10. The number of nitrogens with two attached hydrogens (primary N) is 1. The quantitative estimate of drug-likeness (QED) is 0.277.